The van der Waals surface area contributed by atoms with E-state index in [1.54, 1.807) is 41.8 Å². The monoisotopic (exact) mass is 447 g/mol. The van der Waals surface area contributed by atoms with Gasteiger partial charge in [-0.15, -0.1) is 11.3 Å². The van der Waals surface area contributed by atoms with Gasteiger partial charge in [0.1, 0.15) is 11.5 Å². The zero-order valence-electron chi connectivity index (χ0n) is 16.5. The molecule has 3 aromatic rings. The van der Waals surface area contributed by atoms with Crippen LogP contribution in [0.2, 0.25) is 0 Å². The fourth-order valence-electron chi connectivity index (χ4n) is 2.54. The van der Waals surface area contributed by atoms with Crippen molar-refractivity contribution in [2.45, 2.75) is 31.7 Å². The van der Waals surface area contributed by atoms with Crippen LogP contribution in [-0.4, -0.2) is 31.0 Å². The van der Waals surface area contributed by atoms with Gasteiger partial charge in [-0.1, -0.05) is 17.7 Å². The standard InChI is InChI=1S/C20H21N3O5S2/c1-13-3-6-16(7-4-13)30(26,27)10-9-19(25)23-20-22-17(12-29-20)18-8-5-15(28-18)11-21-14(2)24/h3-8,12H,9-11H2,1-2H3,(H,21,24)(H,22,23,25). The largest absolute Gasteiger partial charge is 0.458 e. The van der Waals surface area contributed by atoms with Crippen molar-refractivity contribution in [1.82, 2.24) is 10.3 Å². The Kier molecular flexibility index (Phi) is 6.68. The molecule has 0 aliphatic heterocycles. The van der Waals surface area contributed by atoms with Crippen LogP contribution in [-0.2, 0) is 26.0 Å². The van der Waals surface area contributed by atoms with Crippen molar-refractivity contribution in [3.8, 4) is 11.5 Å². The van der Waals surface area contributed by atoms with Crippen LogP contribution in [0.3, 0.4) is 0 Å². The van der Waals surface area contributed by atoms with Crippen LogP contribution in [0.15, 0.2) is 51.1 Å². The molecule has 0 bridgehead atoms. The molecule has 2 heterocycles. The minimum atomic E-state index is -3.53. The van der Waals surface area contributed by atoms with E-state index >= 15 is 0 Å². The summed E-state index contributed by atoms with van der Waals surface area (Å²) in [6.07, 6.45) is -0.174. The molecule has 3 rings (SSSR count). The van der Waals surface area contributed by atoms with Crippen LogP contribution in [0, 0.1) is 6.92 Å². The molecule has 158 valence electrons. The first-order valence-corrected chi connectivity index (χ1v) is 11.6. The third kappa shape index (κ3) is 5.77. The van der Waals surface area contributed by atoms with E-state index in [9.17, 15) is 18.0 Å². The van der Waals surface area contributed by atoms with Crippen molar-refractivity contribution < 1.29 is 22.4 Å². The minimum Gasteiger partial charge on any atom is -0.458 e. The number of furan rings is 1. The summed E-state index contributed by atoms with van der Waals surface area (Å²) in [7, 11) is -3.53. The molecule has 0 unspecified atom stereocenters. The van der Waals surface area contributed by atoms with E-state index in [1.165, 1.54) is 18.3 Å². The highest BCUT2D eigenvalue weighted by Gasteiger charge is 2.17. The quantitative estimate of drug-likeness (QED) is 0.548. The molecular formula is C20H21N3O5S2. The predicted octanol–water partition coefficient (Wildman–Crippen LogP) is 3.15. The van der Waals surface area contributed by atoms with Gasteiger partial charge >= 0.3 is 0 Å². The number of carbonyl (C=O) groups excluding carboxylic acids is 2. The van der Waals surface area contributed by atoms with Gasteiger partial charge in [0, 0.05) is 18.7 Å². The van der Waals surface area contributed by atoms with Crippen LogP contribution < -0.4 is 10.6 Å². The normalized spacial score (nSPS) is 11.3. The fraction of sp³-hybridized carbons (Fsp3) is 0.250. The first-order chi connectivity index (χ1) is 14.2. The van der Waals surface area contributed by atoms with Crippen LogP contribution >= 0.6 is 11.3 Å². The van der Waals surface area contributed by atoms with Crippen molar-refractivity contribution >= 4 is 38.1 Å². The Morgan fingerprint density at radius 2 is 1.87 bits per heavy atom. The van der Waals surface area contributed by atoms with Gasteiger partial charge in [-0.2, -0.15) is 0 Å². The highest BCUT2D eigenvalue weighted by atomic mass is 32.2. The Morgan fingerprint density at radius 3 is 2.57 bits per heavy atom. The number of hydrogen-bond donors (Lipinski definition) is 2. The third-order valence-electron chi connectivity index (χ3n) is 4.15. The van der Waals surface area contributed by atoms with Gasteiger partial charge in [0.15, 0.2) is 20.7 Å². The molecule has 0 spiro atoms. The second-order valence-electron chi connectivity index (χ2n) is 6.64. The molecule has 2 N–H and O–H groups in total. The second-order valence-corrected chi connectivity index (χ2v) is 9.61. The number of rotatable bonds is 8. The lowest BCUT2D eigenvalue weighted by Gasteiger charge is -2.05. The van der Waals surface area contributed by atoms with Gasteiger partial charge < -0.3 is 15.1 Å². The Labute approximate surface area is 178 Å². The molecule has 8 nitrogen and oxygen atoms in total. The number of nitrogens with one attached hydrogen (secondary N) is 2. The molecule has 0 aliphatic carbocycles. The number of benzene rings is 1. The summed E-state index contributed by atoms with van der Waals surface area (Å²) in [5.74, 6) is 0.215. The van der Waals surface area contributed by atoms with Crippen LogP contribution in [0.5, 0.6) is 0 Å². The fourth-order valence-corrected chi connectivity index (χ4v) is 4.50. The lowest BCUT2D eigenvalue weighted by atomic mass is 10.2. The molecule has 10 heteroatoms. The SMILES string of the molecule is CC(=O)NCc1ccc(-c2csc(NC(=O)CCS(=O)(=O)c3ccc(C)cc3)n2)o1. The molecule has 0 aliphatic rings. The number of thiazole rings is 1. The second kappa shape index (κ2) is 9.23. The van der Waals surface area contributed by atoms with E-state index in [1.807, 2.05) is 6.92 Å². The Hall–Kier alpha value is -2.98. The summed E-state index contributed by atoms with van der Waals surface area (Å²) in [6.45, 7) is 3.57. The van der Waals surface area contributed by atoms with Gasteiger partial charge in [-0.25, -0.2) is 13.4 Å². The summed E-state index contributed by atoms with van der Waals surface area (Å²) in [5, 5.41) is 7.33. The molecule has 0 radical (unpaired) electrons. The number of sulfone groups is 1. The van der Waals surface area contributed by atoms with Crippen molar-refractivity contribution in [1.29, 1.82) is 0 Å². The summed E-state index contributed by atoms with van der Waals surface area (Å²) in [6, 6.07) is 9.99. The van der Waals surface area contributed by atoms with Crippen LogP contribution in [0.1, 0.15) is 24.7 Å². The zero-order chi connectivity index (χ0) is 21.7. The van der Waals surface area contributed by atoms with Crippen LogP contribution in [0.4, 0.5) is 5.13 Å². The maximum atomic E-state index is 12.4. The Morgan fingerprint density at radius 1 is 1.13 bits per heavy atom. The number of aromatic nitrogens is 1. The maximum Gasteiger partial charge on any atom is 0.227 e. The first kappa shape index (κ1) is 21.7. The van der Waals surface area contributed by atoms with Gasteiger partial charge in [-0.3, -0.25) is 9.59 Å². The van der Waals surface area contributed by atoms with E-state index in [0.29, 0.717) is 22.3 Å². The molecular weight excluding hydrogens is 426 g/mol. The molecule has 30 heavy (non-hydrogen) atoms. The van der Waals surface area contributed by atoms with Gasteiger partial charge in [-0.05, 0) is 31.2 Å². The zero-order valence-corrected chi connectivity index (χ0v) is 18.1. The average Bonchev–Trinajstić information content (AvgIpc) is 3.34. The highest BCUT2D eigenvalue weighted by molar-refractivity contribution is 7.91. The number of nitrogens with zero attached hydrogens (tertiary/aromatic N) is 1. The van der Waals surface area contributed by atoms with Crippen molar-refractivity contribution in [2.75, 3.05) is 11.1 Å². The summed E-state index contributed by atoms with van der Waals surface area (Å²) in [5.41, 5.74) is 1.50. The van der Waals surface area contributed by atoms with E-state index in [-0.39, 0.29) is 29.5 Å². The number of amides is 2. The van der Waals surface area contributed by atoms with Crippen molar-refractivity contribution in [2.24, 2.45) is 0 Å². The predicted molar refractivity (Wildman–Crippen MR) is 114 cm³/mol. The molecule has 0 atom stereocenters. The summed E-state index contributed by atoms with van der Waals surface area (Å²) >= 11 is 1.21. The summed E-state index contributed by atoms with van der Waals surface area (Å²) < 4.78 is 30.3. The van der Waals surface area contributed by atoms with Crippen molar-refractivity contribution in [3.05, 3.63) is 53.1 Å². The van der Waals surface area contributed by atoms with Gasteiger partial charge in [0.05, 0.1) is 17.2 Å². The molecule has 2 amide bonds. The molecule has 0 fully saturated rings. The number of carbonyl (C=O) groups is 2. The lowest BCUT2D eigenvalue weighted by Crippen LogP contribution is -2.18. The maximum absolute atomic E-state index is 12.4. The van der Waals surface area contributed by atoms with E-state index in [2.05, 4.69) is 15.6 Å². The van der Waals surface area contributed by atoms with Crippen LogP contribution in [0.25, 0.3) is 11.5 Å². The Bertz CT molecular complexity index is 1150. The third-order valence-corrected chi connectivity index (χ3v) is 6.64. The molecule has 0 saturated heterocycles. The molecule has 2 aromatic heterocycles. The first-order valence-electron chi connectivity index (χ1n) is 9.11. The Balaban J connectivity index is 1.56. The molecule has 1 aromatic carbocycles. The van der Waals surface area contributed by atoms with Gasteiger partial charge in [0.25, 0.3) is 0 Å². The minimum absolute atomic E-state index is 0.156. The van der Waals surface area contributed by atoms with Crippen molar-refractivity contribution in [3.63, 3.8) is 0 Å². The topological polar surface area (TPSA) is 118 Å². The highest BCUT2D eigenvalue weighted by Crippen LogP contribution is 2.26. The lowest BCUT2D eigenvalue weighted by molar-refractivity contribution is -0.119. The summed E-state index contributed by atoms with van der Waals surface area (Å²) in [4.78, 5) is 27.6. The molecule has 0 saturated carbocycles. The number of anilines is 1. The number of hydrogen-bond acceptors (Lipinski definition) is 7. The average molecular weight is 448 g/mol. The van der Waals surface area contributed by atoms with Gasteiger partial charge in [0.2, 0.25) is 11.8 Å². The number of aryl methyl sites for hydroxylation is 1. The van der Waals surface area contributed by atoms with E-state index in [0.717, 1.165) is 5.56 Å². The van der Waals surface area contributed by atoms with E-state index in [4.69, 9.17) is 4.42 Å². The van der Waals surface area contributed by atoms with E-state index < -0.39 is 15.7 Å². The smallest absolute Gasteiger partial charge is 0.227 e.